The van der Waals surface area contributed by atoms with Gasteiger partial charge in [-0.2, -0.15) is 0 Å². The zero-order valence-corrected chi connectivity index (χ0v) is 12.4. The molecule has 0 aliphatic heterocycles. The number of carbonyl (C=O) groups is 1. The van der Waals surface area contributed by atoms with E-state index in [2.05, 4.69) is 5.32 Å². The molecule has 1 aromatic carbocycles. The Labute approximate surface area is 119 Å². The lowest BCUT2D eigenvalue weighted by molar-refractivity contribution is -0.117. The molecule has 0 spiro atoms. The van der Waals surface area contributed by atoms with E-state index in [-0.39, 0.29) is 18.3 Å². The van der Waals surface area contributed by atoms with Crippen molar-refractivity contribution in [1.29, 1.82) is 0 Å². The summed E-state index contributed by atoms with van der Waals surface area (Å²) in [5, 5.41) is 3.29. The van der Waals surface area contributed by atoms with Crippen LogP contribution in [0.3, 0.4) is 0 Å². The summed E-state index contributed by atoms with van der Waals surface area (Å²) in [6.45, 7) is 6.01. The smallest absolute Gasteiger partial charge is 0.241 e. The number of carbonyl (C=O) groups excluding carboxylic acids is 1. The molecule has 0 aliphatic carbocycles. The Kier molecular flexibility index (Phi) is 7.29. The average molecular weight is 291 g/mol. The molecule has 3 N–H and O–H groups in total. The Hall–Kier alpha value is -0.770. The molecular weight excluding hydrogens is 271 g/mol. The number of amides is 1. The van der Waals surface area contributed by atoms with Crippen LogP contribution in [0.1, 0.15) is 25.8 Å². The summed E-state index contributed by atoms with van der Waals surface area (Å²) >= 11 is 6.00. The number of aryl methyl sites for hydroxylation is 1. The molecule has 1 rings (SSSR count). The summed E-state index contributed by atoms with van der Waals surface area (Å²) in [5.74, 6) is 0.204. The highest BCUT2D eigenvalue weighted by molar-refractivity contribution is 6.33. The predicted octanol–water partition coefficient (Wildman–Crippen LogP) is 3.38. The summed E-state index contributed by atoms with van der Waals surface area (Å²) in [6, 6.07) is 5.00. The number of hydrogen-bond acceptors (Lipinski definition) is 2. The number of benzene rings is 1. The molecule has 0 saturated heterocycles. The fourth-order valence-corrected chi connectivity index (χ4v) is 1.74. The van der Waals surface area contributed by atoms with Crippen molar-refractivity contribution in [3.05, 3.63) is 28.8 Å². The molecule has 0 fully saturated rings. The van der Waals surface area contributed by atoms with Gasteiger partial charge >= 0.3 is 0 Å². The van der Waals surface area contributed by atoms with Gasteiger partial charge in [-0.3, -0.25) is 4.79 Å². The molecule has 1 amide bonds. The average Bonchev–Trinajstić information content (AvgIpc) is 2.22. The van der Waals surface area contributed by atoms with Crippen LogP contribution in [0.5, 0.6) is 0 Å². The first-order chi connectivity index (χ1) is 7.90. The Morgan fingerprint density at radius 2 is 2.06 bits per heavy atom. The molecule has 1 atom stereocenters. The molecule has 18 heavy (non-hydrogen) atoms. The molecule has 0 saturated carbocycles. The van der Waals surface area contributed by atoms with Gasteiger partial charge in [0, 0.05) is 0 Å². The summed E-state index contributed by atoms with van der Waals surface area (Å²) < 4.78 is 0. The predicted molar refractivity (Wildman–Crippen MR) is 79.5 cm³/mol. The molecule has 1 aromatic rings. The molecule has 3 nitrogen and oxygen atoms in total. The van der Waals surface area contributed by atoms with Crippen LogP contribution in [-0.4, -0.2) is 11.9 Å². The molecule has 0 heterocycles. The minimum atomic E-state index is -0.494. The highest BCUT2D eigenvalue weighted by Gasteiger charge is 2.16. The second-order valence-corrected chi connectivity index (χ2v) is 5.12. The highest BCUT2D eigenvalue weighted by Crippen LogP contribution is 2.23. The standard InChI is InChI=1S/C13H19ClN2O.ClH/c1-8(2)6-11(15)13(17)16-12-7-9(3)4-5-10(12)14;/h4-5,7-8,11H,6,15H2,1-3H3,(H,16,17);1H/t11-;/m0./s1. The van der Waals surface area contributed by atoms with Gasteiger partial charge in [0.2, 0.25) is 5.91 Å². The second kappa shape index (κ2) is 7.62. The number of halogens is 2. The van der Waals surface area contributed by atoms with Gasteiger partial charge in [-0.05, 0) is 37.0 Å². The quantitative estimate of drug-likeness (QED) is 0.893. The summed E-state index contributed by atoms with van der Waals surface area (Å²) in [7, 11) is 0. The van der Waals surface area contributed by atoms with Crippen molar-refractivity contribution in [1.82, 2.24) is 0 Å². The van der Waals surface area contributed by atoms with E-state index in [0.717, 1.165) is 5.56 Å². The topological polar surface area (TPSA) is 55.1 Å². The van der Waals surface area contributed by atoms with Gasteiger partial charge in [0.15, 0.2) is 0 Å². The van der Waals surface area contributed by atoms with Gasteiger partial charge in [-0.15, -0.1) is 12.4 Å². The number of hydrogen-bond donors (Lipinski definition) is 2. The monoisotopic (exact) mass is 290 g/mol. The third-order valence-corrected chi connectivity index (χ3v) is 2.77. The van der Waals surface area contributed by atoms with Crippen molar-refractivity contribution in [3.63, 3.8) is 0 Å². The number of nitrogens with one attached hydrogen (secondary N) is 1. The maximum atomic E-state index is 11.8. The van der Waals surface area contributed by atoms with Gasteiger partial charge in [0.25, 0.3) is 0 Å². The first-order valence-electron chi connectivity index (χ1n) is 5.72. The number of nitrogens with two attached hydrogens (primary N) is 1. The van der Waals surface area contributed by atoms with E-state index in [4.69, 9.17) is 17.3 Å². The lowest BCUT2D eigenvalue weighted by atomic mass is 10.0. The fourth-order valence-electron chi connectivity index (χ4n) is 1.58. The number of rotatable bonds is 4. The maximum absolute atomic E-state index is 11.8. The first kappa shape index (κ1) is 17.2. The van der Waals surface area contributed by atoms with Crippen molar-refractivity contribution >= 4 is 35.6 Å². The Morgan fingerprint density at radius 3 is 2.61 bits per heavy atom. The van der Waals surface area contributed by atoms with Gasteiger partial charge < -0.3 is 11.1 Å². The molecule has 0 unspecified atom stereocenters. The van der Waals surface area contributed by atoms with Crippen LogP contribution < -0.4 is 11.1 Å². The summed E-state index contributed by atoms with van der Waals surface area (Å²) in [6.07, 6.45) is 0.662. The SMILES string of the molecule is Cc1ccc(Cl)c(NC(=O)[C@@H](N)CC(C)C)c1.Cl. The summed E-state index contributed by atoms with van der Waals surface area (Å²) in [4.78, 5) is 11.8. The second-order valence-electron chi connectivity index (χ2n) is 4.71. The lowest BCUT2D eigenvalue weighted by Gasteiger charge is -2.15. The van der Waals surface area contributed by atoms with E-state index < -0.39 is 6.04 Å². The first-order valence-corrected chi connectivity index (χ1v) is 6.10. The Bertz CT molecular complexity index is 408. The Balaban J connectivity index is 0.00000289. The largest absolute Gasteiger partial charge is 0.323 e. The van der Waals surface area contributed by atoms with Gasteiger partial charge in [0.05, 0.1) is 16.8 Å². The van der Waals surface area contributed by atoms with Crippen molar-refractivity contribution in [3.8, 4) is 0 Å². The van der Waals surface area contributed by atoms with Crippen LogP contribution in [0.4, 0.5) is 5.69 Å². The Morgan fingerprint density at radius 1 is 1.44 bits per heavy atom. The van der Waals surface area contributed by atoms with E-state index in [1.807, 2.05) is 32.9 Å². The van der Waals surface area contributed by atoms with E-state index in [1.54, 1.807) is 6.07 Å². The van der Waals surface area contributed by atoms with E-state index >= 15 is 0 Å². The van der Waals surface area contributed by atoms with Gasteiger partial charge in [0.1, 0.15) is 0 Å². The van der Waals surface area contributed by atoms with E-state index in [9.17, 15) is 4.79 Å². The molecule has 0 aromatic heterocycles. The molecule has 5 heteroatoms. The van der Waals surface area contributed by atoms with E-state index in [0.29, 0.717) is 23.0 Å². The zero-order chi connectivity index (χ0) is 13.0. The van der Waals surface area contributed by atoms with Crippen molar-refractivity contribution < 1.29 is 4.79 Å². The van der Waals surface area contributed by atoms with Crippen LogP contribution in [0.15, 0.2) is 18.2 Å². The lowest BCUT2D eigenvalue weighted by Crippen LogP contribution is -2.36. The zero-order valence-electron chi connectivity index (χ0n) is 10.9. The minimum Gasteiger partial charge on any atom is -0.323 e. The van der Waals surface area contributed by atoms with Crippen LogP contribution in [-0.2, 0) is 4.79 Å². The third-order valence-electron chi connectivity index (χ3n) is 2.44. The molecule has 0 bridgehead atoms. The minimum absolute atomic E-state index is 0. The van der Waals surface area contributed by atoms with Crippen LogP contribution in [0.2, 0.25) is 5.02 Å². The van der Waals surface area contributed by atoms with Crippen molar-refractivity contribution in [2.45, 2.75) is 33.2 Å². The van der Waals surface area contributed by atoms with Crippen molar-refractivity contribution in [2.24, 2.45) is 11.7 Å². The van der Waals surface area contributed by atoms with Crippen LogP contribution in [0.25, 0.3) is 0 Å². The fraction of sp³-hybridized carbons (Fsp3) is 0.462. The van der Waals surface area contributed by atoms with E-state index in [1.165, 1.54) is 0 Å². The number of anilines is 1. The van der Waals surface area contributed by atoms with Gasteiger partial charge in [-0.25, -0.2) is 0 Å². The molecular formula is C13H20Cl2N2O. The normalized spacial score (nSPS) is 11.9. The molecule has 102 valence electrons. The summed E-state index contributed by atoms with van der Waals surface area (Å²) in [5.41, 5.74) is 7.46. The van der Waals surface area contributed by atoms with Crippen LogP contribution >= 0.6 is 24.0 Å². The third kappa shape index (κ3) is 5.25. The van der Waals surface area contributed by atoms with Gasteiger partial charge in [-0.1, -0.05) is 31.5 Å². The maximum Gasteiger partial charge on any atom is 0.241 e. The molecule has 0 radical (unpaired) electrons. The van der Waals surface area contributed by atoms with Crippen molar-refractivity contribution in [2.75, 3.05) is 5.32 Å². The van der Waals surface area contributed by atoms with Crippen LogP contribution in [0, 0.1) is 12.8 Å². The molecule has 0 aliphatic rings. The highest BCUT2D eigenvalue weighted by atomic mass is 35.5.